The first-order chi connectivity index (χ1) is 11.6. The van der Waals surface area contributed by atoms with E-state index in [0.29, 0.717) is 5.92 Å². The van der Waals surface area contributed by atoms with Crippen molar-refractivity contribution in [3.05, 3.63) is 34.9 Å². The number of rotatable bonds is 2. The van der Waals surface area contributed by atoms with Crippen LogP contribution in [0.2, 0.25) is 0 Å². The van der Waals surface area contributed by atoms with Gasteiger partial charge in [0.05, 0.1) is 0 Å². The maximum absolute atomic E-state index is 2.40. The molecular formula is C24H38. The van der Waals surface area contributed by atoms with Crippen LogP contribution in [0.1, 0.15) is 95.2 Å². The van der Waals surface area contributed by atoms with E-state index in [1.54, 1.807) is 42.4 Å². The second kappa shape index (κ2) is 8.07. The summed E-state index contributed by atoms with van der Waals surface area (Å²) in [6.07, 6.45) is 13.2. The first kappa shape index (κ1) is 18.0. The highest BCUT2D eigenvalue weighted by Crippen LogP contribution is 2.45. The predicted octanol–water partition coefficient (Wildman–Crippen LogP) is 7.16. The molecule has 0 saturated heterocycles. The molecule has 1 aromatic carbocycles. The zero-order valence-electron chi connectivity index (χ0n) is 16.5. The maximum atomic E-state index is 2.40. The Kier molecular flexibility index (Phi) is 6.06. The van der Waals surface area contributed by atoms with Crippen molar-refractivity contribution in [2.24, 2.45) is 23.7 Å². The highest BCUT2D eigenvalue weighted by molar-refractivity contribution is 5.39. The number of hydrogen-bond donors (Lipinski definition) is 0. The maximum Gasteiger partial charge on any atom is -0.0216 e. The van der Waals surface area contributed by atoms with Crippen molar-refractivity contribution in [2.75, 3.05) is 0 Å². The van der Waals surface area contributed by atoms with Crippen LogP contribution in [0, 0.1) is 23.7 Å². The topological polar surface area (TPSA) is 0 Å². The molecule has 0 nitrogen and oxygen atoms in total. The summed E-state index contributed by atoms with van der Waals surface area (Å²) >= 11 is 0. The van der Waals surface area contributed by atoms with E-state index in [1.807, 2.05) is 0 Å². The molecule has 0 bridgehead atoms. The van der Waals surface area contributed by atoms with Crippen LogP contribution in [0.5, 0.6) is 0 Å². The van der Waals surface area contributed by atoms with Gasteiger partial charge in [-0.05, 0) is 84.8 Å². The third kappa shape index (κ3) is 4.06. The fourth-order valence-corrected chi connectivity index (χ4v) is 5.53. The molecule has 3 unspecified atom stereocenters. The van der Waals surface area contributed by atoms with E-state index in [4.69, 9.17) is 0 Å². The molecule has 4 rings (SSSR count). The minimum absolute atomic E-state index is 0.693. The van der Waals surface area contributed by atoms with Crippen LogP contribution >= 0.6 is 0 Å². The minimum atomic E-state index is 0.693. The molecular weight excluding hydrogens is 288 g/mol. The summed E-state index contributed by atoms with van der Waals surface area (Å²) < 4.78 is 0. The van der Waals surface area contributed by atoms with Gasteiger partial charge in [-0.1, -0.05) is 65.2 Å². The molecule has 0 N–H and O–H groups in total. The third-order valence-electron chi connectivity index (χ3n) is 7.08. The van der Waals surface area contributed by atoms with Crippen LogP contribution in [0.15, 0.2) is 18.2 Å². The highest BCUT2D eigenvalue weighted by Gasteiger charge is 2.34. The Morgan fingerprint density at radius 1 is 0.833 bits per heavy atom. The second-order valence-electron chi connectivity index (χ2n) is 9.26. The number of benzene rings is 1. The van der Waals surface area contributed by atoms with Crippen LogP contribution in [-0.4, -0.2) is 0 Å². The highest BCUT2D eigenvalue weighted by atomic mass is 14.4. The first-order valence-corrected chi connectivity index (χ1v) is 10.7. The van der Waals surface area contributed by atoms with Crippen molar-refractivity contribution >= 4 is 0 Å². The average Bonchev–Trinajstić information content (AvgIpc) is 3.22. The van der Waals surface area contributed by atoms with Crippen LogP contribution < -0.4 is 0 Å². The smallest absolute Gasteiger partial charge is 0.0216 e. The largest absolute Gasteiger partial charge is 0.0625 e. The molecule has 2 saturated carbocycles. The van der Waals surface area contributed by atoms with Crippen molar-refractivity contribution in [3.8, 4) is 0 Å². The summed E-state index contributed by atoms with van der Waals surface area (Å²) in [5.74, 6) is 4.96. The van der Waals surface area contributed by atoms with Gasteiger partial charge in [0.2, 0.25) is 0 Å². The molecule has 0 aromatic heterocycles. The van der Waals surface area contributed by atoms with Crippen molar-refractivity contribution in [3.63, 3.8) is 0 Å². The normalized spacial score (nSPS) is 28.5. The lowest BCUT2D eigenvalue weighted by molar-refractivity contribution is 0.171. The minimum Gasteiger partial charge on any atom is -0.0625 e. The van der Waals surface area contributed by atoms with Crippen molar-refractivity contribution in [2.45, 2.75) is 91.4 Å². The predicted molar refractivity (Wildman–Crippen MR) is 106 cm³/mol. The summed E-state index contributed by atoms with van der Waals surface area (Å²) in [7, 11) is 0. The van der Waals surface area contributed by atoms with Gasteiger partial charge >= 0.3 is 0 Å². The molecule has 3 atom stereocenters. The van der Waals surface area contributed by atoms with E-state index in [2.05, 4.69) is 45.9 Å². The number of fused-ring (bicyclic) bond motifs is 2. The summed E-state index contributed by atoms with van der Waals surface area (Å²) in [5, 5.41) is 0. The van der Waals surface area contributed by atoms with Gasteiger partial charge in [0.15, 0.2) is 0 Å². The van der Waals surface area contributed by atoms with Crippen LogP contribution in [-0.2, 0) is 12.8 Å². The average molecular weight is 327 g/mol. The standard InChI is InChI=1S/C12H16.C12H22/c1-9(2)11-7-3-5-10-6-4-8-12(10)11;1-9(2)11-7-6-10-4-3-5-12(10)8-11/h3,5,7,9H,4,6,8H2,1-2H3;9-12H,3-8H2,1-2H3. The lowest BCUT2D eigenvalue weighted by Gasteiger charge is -2.34. The Balaban J connectivity index is 0.000000141. The van der Waals surface area contributed by atoms with E-state index in [1.165, 1.54) is 32.1 Å². The molecule has 24 heavy (non-hydrogen) atoms. The monoisotopic (exact) mass is 326 g/mol. The van der Waals surface area contributed by atoms with E-state index < -0.39 is 0 Å². The number of hydrogen-bond acceptors (Lipinski definition) is 0. The Bertz CT molecular complexity index is 525. The summed E-state index contributed by atoms with van der Waals surface area (Å²) in [6.45, 7) is 9.38. The van der Waals surface area contributed by atoms with E-state index >= 15 is 0 Å². The molecule has 0 heterocycles. The van der Waals surface area contributed by atoms with E-state index in [0.717, 1.165) is 23.7 Å². The summed E-state index contributed by atoms with van der Waals surface area (Å²) in [4.78, 5) is 0. The van der Waals surface area contributed by atoms with Gasteiger partial charge in [0, 0.05) is 0 Å². The van der Waals surface area contributed by atoms with Crippen LogP contribution in [0.3, 0.4) is 0 Å². The molecule has 134 valence electrons. The van der Waals surface area contributed by atoms with Gasteiger partial charge in [0.1, 0.15) is 0 Å². The SMILES string of the molecule is CC(C)C1CCC2CCCC2C1.CC(C)c1cccc2c1CCC2. The van der Waals surface area contributed by atoms with E-state index in [9.17, 15) is 0 Å². The van der Waals surface area contributed by atoms with Crippen LogP contribution in [0.4, 0.5) is 0 Å². The molecule has 0 heteroatoms. The van der Waals surface area contributed by atoms with Gasteiger partial charge in [-0.15, -0.1) is 0 Å². The third-order valence-corrected chi connectivity index (χ3v) is 7.08. The number of aryl methyl sites for hydroxylation is 1. The van der Waals surface area contributed by atoms with Crippen molar-refractivity contribution in [1.82, 2.24) is 0 Å². The van der Waals surface area contributed by atoms with Gasteiger partial charge in [0.25, 0.3) is 0 Å². The molecule has 1 aromatic rings. The second-order valence-corrected chi connectivity index (χ2v) is 9.26. The van der Waals surface area contributed by atoms with Gasteiger partial charge in [-0.3, -0.25) is 0 Å². The van der Waals surface area contributed by atoms with Crippen LogP contribution in [0.25, 0.3) is 0 Å². The Morgan fingerprint density at radius 2 is 1.62 bits per heavy atom. The van der Waals surface area contributed by atoms with E-state index in [-0.39, 0.29) is 0 Å². The lowest BCUT2D eigenvalue weighted by Crippen LogP contribution is -2.23. The molecule has 0 amide bonds. The fraction of sp³-hybridized carbons (Fsp3) is 0.750. The zero-order chi connectivity index (χ0) is 17.1. The Morgan fingerprint density at radius 3 is 2.38 bits per heavy atom. The Labute approximate surface area is 150 Å². The molecule has 3 aliphatic carbocycles. The molecule has 0 spiro atoms. The Hall–Kier alpha value is -0.780. The zero-order valence-corrected chi connectivity index (χ0v) is 16.5. The molecule has 0 aliphatic heterocycles. The fourth-order valence-electron chi connectivity index (χ4n) is 5.53. The van der Waals surface area contributed by atoms with Crippen molar-refractivity contribution < 1.29 is 0 Å². The summed E-state index contributed by atoms with van der Waals surface area (Å²) in [5.41, 5.74) is 4.82. The van der Waals surface area contributed by atoms with Crippen molar-refractivity contribution in [1.29, 1.82) is 0 Å². The summed E-state index contributed by atoms with van der Waals surface area (Å²) in [6, 6.07) is 6.78. The lowest BCUT2D eigenvalue weighted by atomic mass is 9.72. The van der Waals surface area contributed by atoms with Gasteiger partial charge < -0.3 is 0 Å². The van der Waals surface area contributed by atoms with Gasteiger partial charge in [-0.2, -0.15) is 0 Å². The quantitative estimate of drug-likeness (QED) is 0.541. The van der Waals surface area contributed by atoms with Gasteiger partial charge in [-0.25, -0.2) is 0 Å². The molecule has 2 fully saturated rings. The first-order valence-electron chi connectivity index (χ1n) is 10.7. The molecule has 3 aliphatic rings. The molecule has 0 radical (unpaired) electrons.